The van der Waals surface area contributed by atoms with E-state index >= 15 is 0 Å². The van der Waals surface area contributed by atoms with Crippen LogP contribution < -0.4 is 5.32 Å². The summed E-state index contributed by atoms with van der Waals surface area (Å²) in [6.45, 7) is 5.03. The van der Waals surface area contributed by atoms with Crippen molar-refractivity contribution in [2.75, 3.05) is 0 Å². The first-order valence-corrected chi connectivity index (χ1v) is 5.43. The quantitative estimate of drug-likeness (QED) is 0.837. The molecular weight excluding hydrogens is 202 g/mol. The van der Waals surface area contributed by atoms with Gasteiger partial charge in [-0.2, -0.15) is 10.2 Å². The third-order valence-electron chi connectivity index (χ3n) is 2.27. The summed E-state index contributed by atoms with van der Waals surface area (Å²) in [7, 11) is 1.90. The van der Waals surface area contributed by atoms with Crippen molar-refractivity contribution in [2.45, 2.75) is 26.4 Å². The second-order valence-electron chi connectivity index (χ2n) is 4.13. The van der Waals surface area contributed by atoms with Gasteiger partial charge in [-0.05, 0) is 6.07 Å². The smallest absolute Gasteiger partial charge is 0.174 e. The molecule has 2 rings (SSSR count). The standard InChI is InChI=1S/C11H17N5/c1-9(2)12-8-10-4-7-16(13-10)11-5-6-15(3)14-11/h4-7,9,12H,8H2,1-3H3. The number of hydrogen-bond donors (Lipinski definition) is 1. The summed E-state index contributed by atoms with van der Waals surface area (Å²) < 4.78 is 3.56. The van der Waals surface area contributed by atoms with E-state index in [2.05, 4.69) is 29.4 Å². The minimum Gasteiger partial charge on any atom is -0.309 e. The molecule has 0 fully saturated rings. The second-order valence-corrected chi connectivity index (χ2v) is 4.13. The molecule has 0 aromatic carbocycles. The van der Waals surface area contributed by atoms with Crippen molar-refractivity contribution in [3.05, 3.63) is 30.2 Å². The lowest BCUT2D eigenvalue weighted by Gasteiger charge is -2.04. The number of hydrogen-bond acceptors (Lipinski definition) is 3. The summed E-state index contributed by atoms with van der Waals surface area (Å²) in [5, 5.41) is 12.1. The Balaban J connectivity index is 2.07. The van der Waals surface area contributed by atoms with Gasteiger partial charge in [-0.1, -0.05) is 13.8 Å². The Morgan fingerprint density at radius 1 is 1.25 bits per heavy atom. The van der Waals surface area contributed by atoms with Crippen molar-refractivity contribution in [1.29, 1.82) is 0 Å². The van der Waals surface area contributed by atoms with Crippen molar-refractivity contribution in [3.8, 4) is 5.82 Å². The van der Waals surface area contributed by atoms with Gasteiger partial charge >= 0.3 is 0 Å². The average Bonchev–Trinajstić information content (AvgIpc) is 2.83. The molecule has 0 saturated carbocycles. The molecule has 0 saturated heterocycles. The highest BCUT2D eigenvalue weighted by molar-refractivity contribution is 5.19. The summed E-state index contributed by atoms with van der Waals surface area (Å²) in [5.41, 5.74) is 1.03. The fraction of sp³-hybridized carbons (Fsp3) is 0.455. The number of nitrogens with one attached hydrogen (secondary N) is 1. The Morgan fingerprint density at radius 2 is 2.06 bits per heavy atom. The maximum absolute atomic E-state index is 4.44. The fourth-order valence-corrected chi connectivity index (χ4v) is 1.42. The highest BCUT2D eigenvalue weighted by atomic mass is 15.4. The molecule has 86 valence electrons. The third kappa shape index (κ3) is 2.49. The zero-order chi connectivity index (χ0) is 11.5. The summed E-state index contributed by atoms with van der Waals surface area (Å²) in [5.74, 6) is 0.846. The topological polar surface area (TPSA) is 47.7 Å². The van der Waals surface area contributed by atoms with Crippen LogP contribution in [0.4, 0.5) is 0 Å². The Labute approximate surface area is 95.1 Å². The van der Waals surface area contributed by atoms with Crippen molar-refractivity contribution in [3.63, 3.8) is 0 Å². The van der Waals surface area contributed by atoms with Crippen LogP contribution in [0.25, 0.3) is 5.82 Å². The van der Waals surface area contributed by atoms with Crippen molar-refractivity contribution in [2.24, 2.45) is 7.05 Å². The lowest BCUT2D eigenvalue weighted by Crippen LogP contribution is -2.22. The van der Waals surface area contributed by atoms with E-state index < -0.39 is 0 Å². The maximum Gasteiger partial charge on any atom is 0.174 e. The van der Waals surface area contributed by atoms with Gasteiger partial charge in [-0.3, -0.25) is 4.68 Å². The molecule has 0 spiro atoms. The number of aromatic nitrogens is 4. The van der Waals surface area contributed by atoms with E-state index in [4.69, 9.17) is 0 Å². The molecule has 0 aliphatic heterocycles. The maximum atomic E-state index is 4.44. The molecule has 0 unspecified atom stereocenters. The van der Waals surface area contributed by atoms with Crippen LogP contribution in [0, 0.1) is 0 Å². The first-order chi connectivity index (χ1) is 7.65. The van der Waals surface area contributed by atoms with Gasteiger partial charge in [-0.15, -0.1) is 0 Å². The number of aryl methyl sites for hydroxylation is 1. The Kier molecular flexibility index (Phi) is 3.05. The zero-order valence-electron chi connectivity index (χ0n) is 9.88. The molecule has 2 aromatic heterocycles. The predicted octanol–water partition coefficient (Wildman–Crippen LogP) is 1.10. The Bertz CT molecular complexity index is 454. The largest absolute Gasteiger partial charge is 0.309 e. The fourth-order valence-electron chi connectivity index (χ4n) is 1.42. The molecule has 0 aliphatic carbocycles. The van der Waals surface area contributed by atoms with E-state index in [9.17, 15) is 0 Å². The summed E-state index contributed by atoms with van der Waals surface area (Å²) in [6, 6.07) is 4.41. The van der Waals surface area contributed by atoms with E-state index in [1.807, 2.05) is 31.6 Å². The first-order valence-electron chi connectivity index (χ1n) is 5.43. The molecule has 0 aliphatic rings. The third-order valence-corrected chi connectivity index (χ3v) is 2.27. The molecule has 2 aromatic rings. The molecule has 16 heavy (non-hydrogen) atoms. The van der Waals surface area contributed by atoms with Crippen molar-refractivity contribution >= 4 is 0 Å². The van der Waals surface area contributed by atoms with Crippen LogP contribution in [0.2, 0.25) is 0 Å². The van der Waals surface area contributed by atoms with Gasteiger partial charge in [-0.25, -0.2) is 4.68 Å². The minimum atomic E-state index is 0.472. The molecule has 2 heterocycles. The highest BCUT2D eigenvalue weighted by Crippen LogP contribution is 2.04. The normalized spacial score (nSPS) is 11.2. The van der Waals surface area contributed by atoms with E-state index in [-0.39, 0.29) is 0 Å². The molecule has 0 atom stereocenters. The predicted molar refractivity (Wildman–Crippen MR) is 62.3 cm³/mol. The molecule has 5 heteroatoms. The Morgan fingerprint density at radius 3 is 2.69 bits per heavy atom. The monoisotopic (exact) mass is 219 g/mol. The van der Waals surface area contributed by atoms with Gasteiger partial charge in [0.05, 0.1) is 5.69 Å². The van der Waals surface area contributed by atoms with Crippen LogP contribution in [0.15, 0.2) is 24.5 Å². The molecular formula is C11H17N5. The molecule has 0 radical (unpaired) electrons. The minimum absolute atomic E-state index is 0.472. The van der Waals surface area contributed by atoms with Gasteiger partial charge in [0.2, 0.25) is 0 Å². The average molecular weight is 219 g/mol. The van der Waals surface area contributed by atoms with Crippen LogP contribution in [0.3, 0.4) is 0 Å². The van der Waals surface area contributed by atoms with E-state index in [0.29, 0.717) is 6.04 Å². The van der Waals surface area contributed by atoms with Crippen LogP contribution in [-0.2, 0) is 13.6 Å². The van der Waals surface area contributed by atoms with Gasteiger partial charge in [0.15, 0.2) is 5.82 Å². The summed E-state index contributed by atoms with van der Waals surface area (Å²) in [4.78, 5) is 0. The van der Waals surface area contributed by atoms with Gasteiger partial charge < -0.3 is 5.32 Å². The lowest BCUT2D eigenvalue weighted by atomic mass is 10.3. The van der Waals surface area contributed by atoms with Gasteiger partial charge in [0, 0.05) is 38.1 Å². The molecule has 5 nitrogen and oxygen atoms in total. The van der Waals surface area contributed by atoms with Crippen molar-refractivity contribution < 1.29 is 0 Å². The molecule has 1 N–H and O–H groups in total. The summed E-state index contributed by atoms with van der Waals surface area (Å²) in [6.07, 6.45) is 3.84. The Hall–Kier alpha value is -1.62. The molecule has 0 bridgehead atoms. The van der Waals surface area contributed by atoms with Gasteiger partial charge in [0.1, 0.15) is 0 Å². The van der Waals surface area contributed by atoms with E-state index in [1.165, 1.54) is 0 Å². The highest BCUT2D eigenvalue weighted by Gasteiger charge is 2.03. The van der Waals surface area contributed by atoms with Crippen LogP contribution in [0.1, 0.15) is 19.5 Å². The zero-order valence-corrected chi connectivity index (χ0v) is 9.88. The van der Waals surface area contributed by atoms with Crippen LogP contribution >= 0.6 is 0 Å². The van der Waals surface area contributed by atoms with Crippen LogP contribution in [-0.4, -0.2) is 25.6 Å². The number of nitrogens with zero attached hydrogens (tertiary/aromatic N) is 4. The SMILES string of the molecule is CC(C)NCc1ccn(-c2ccn(C)n2)n1. The van der Waals surface area contributed by atoms with Gasteiger partial charge in [0.25, 0.3) is 0 Å². The van der Waals surface area contributed by atoms with Crippen LogP contribution in [0.5, 0.6) is 0 Å². The molecule has 0 amide bonds. The lowest BCUT2D eigenvalue weighted by molar-refractivity contribution is 0.577. The van der Waals surface area contributed by atoms with E-state index in [0.717, 1.165) is 18.1 Å². The first kappa shape index (κ1) is 10.9. The number of rotatable bonds is 4. The second kappa shape index (κ2) is 4.49. The summed E-state index contributed by atoms with van der Waals surface area (Å²) >= 11 is 0. The van der Waals surface area contributed by atoms with E-state index in [1.54, 1.807) is 9.36 Å². The van der Waals surface area contributed by atoms with Crippen molar-refractivity contribution in [1.82, 2.24) is 24.9 Å².